The van der Waals surface area contributed by atoms with Gasteiger partial charge in [-0.05, 0) is 49.1 Å². The second kappa shape index (κ2) is 9.05. The molecule has 1 aromatic carbocycles. The second-order valence-electron chi connectivity index (χ2n) is 6.94. The Hall–Kier alpha value is -3.05. The Morgan fingerprint density at radius 1 is 1.33 bits per heavy atom. The lowest BCUT2D eigenvalue weighted by molar-refractivity contribution is 0.0943. The Bertz CT molecular complexity index is 816. The number of nitrogens with one attached hydrogen (secondary N) is 1. The van der Waals surface area contributed by atoms with E-state index >= 15 is 0 Å². The van der Waals surface area contributed by atoms with Gasteiger partial charge < -0.3 is 5.73 Å². The van der Waals surface area contributed by atoms with Gasteiger partial charge in [-0.3, -0.25) is 15.2 Å². The molecule has 0 bridgehead atoms. The summed E-state index contributed by atoms with van der Waals surface area (Å²) < 4.78 is 13.1. The number of nitrogens with two attached hydrogens (primary N) is 1. The molecule has 7 nitrogen and oxygen atoms in total. The molecule has 0 aliphatic rings. The van der Waals surface area contributed by atoms with Gasteiger partial charge in [0.2, 0.25) is 5.82 Å². The molecule has 8 heteroatoms. The number of halogens is 1. The van der Waals surface area contributed by atoms with Crippen molar-refractivity contribution in [3.63, 3.8) is 0 Å². The monoisotopic (exact) mass is 370 g/mol. The Morgan fingerprint density at radius 2 is 2.04 bits per heavy atom. The predicted octanol–water partition coefficient (Wildman–Crippen LogP) is 2.40. The summed E-state index contributed by atoms with van der Waals surface area (Å²) in [4.78, 5) is 20.6. The van der Waals surface area contributed by atoms with Crippen LogP contribution in [0.1, 0.15) is 42.9 Å². The highest BCUT2D eigenvalue weighted by molar-refractivity contribution is 5.95. The maximum atomic E-state index is 13.1. The summed E-state index contributed by atoms with van der Waals surface area (Å²) in [6.07, 6.45) is 3.16. The van der Waals surface area contributed by atoms with E-state index in [2.05, 4.69) is 29.2 Å². The average molecular weight is 370 g/mol. The molecule has 142 valence electrons. The number of anilines is 1. The zero-order chi connectivity index (χ0) is 19.9. The molecule has 0 fully saturated rings. The van der Waals surface area contributed by atoms with Crippen LogP contribution in [0.4, 0.5) is 10.2 Å². The van der Waals surface area contributed by atoms with Crippen molar-refractivity contribution < 1.29 is 9.18 Å². The van der Waals surface area contributed by atoms with Crippen LogP contribution < -0.4 is 16.2 Å². The summed E-state index contributed by atoms with van der Waals surface area (Å²) in [7, 11) is 0. The van der Waals surface area contributed by atoms with Gasteiger partial charge in [-0.15, -0.1) is 0 Å². The average Bonchev–Trinajstić information content (AvgIpc) is 2.66. The Balaban J connectivity index is 2.26. The van der Waals surface area contributed by atoms with Gasteiger partial charge in [0, 0.05) is 24.4 Å². The summed E-state index contributed by atoms with van der Waals surface area (Å²) in [5.74, 6) is -0.409. The molecule has 1 heterocycles. The number of carbonyl (C=O) groups excluding carboxylic acids is 1. The van der Waals surface area contributed by atoms with E-state index in [4.69, 9.17) is 11.0 Å². The highest BCUT2D eigenvalue weighted by Gasteiger charge is 2.24. The fraction of sp³-hybridized carbons (Fsp3) is 0.368. The number of nitrogens with zero attached hydrogens (tertiary/aromatic N) is 4. The third kappa shape index (κ3) is 6.01. The first-order chi connectivity index (χ1) is 12.8. The van der Waals surface area contributed by atoms with Gasteiger partial charge in [0.05, 0.1) is 0 Å². The lowest BCUT2D eigenvalue weighted by Gasteiger charge is -2.33. The second-order valence-corrected chi connectivity index (χ2v) is 6.94. The predicted molar refractivity (Wildman–Crippen MR) is 100 cm³/mol. The topological polar surface area (TPSA) is 108 Å². The third-order valence-electron chi connectivity index (χ3n) is 4.00. The fourth-order valence-corrected chi connectivity index (χ4v) is 2.61. The van der Waals surface area contributed by atoms with Crippen molar-refractivity contribution >= 4 is 11.7 Å². The van der Waals surface area contributed by atoms with E-state index < -0.39 is 11.7 Å². The Kier molecular flexibility index (Phi) is 6.79. The van der Waals surface area contributed by atoms with Crippen LogP contribution in [0.25, 0.3) is 0 Å². The number of nitriles is 1. The molecule has 0 saturated heterocycles. The SMILES string of the molecule is CC(C)(CCCN)CN(NC(=O)c1ccc(F)cc1)c1ccnc(C#N)n1. The van der Waals surface area contributed by atoms with E-state index in [-0.39, 0.29) is 11.2 Å². The van der Waals surface area contributed by atoms with Crippen molar-refractivity contribution in [2.24, 2.45) is 11.1 Å². The number of benzene rings is 1. The normalized spacial score (nSPS) is 10.9. The van der Waals surface area contributed by atoms with Crippen LogP contribution in [-0.2, 0) is 0 Å². The van der Waals surface area contributed by atoms with E-state index in [1.54, 1.807) is 11.1 Å². The lowest BCUT2D eigenvalue weighted by atomic mass is 9.87. The van der Waals surface area contributed by atoms with Gasteiger partial charge in [0.25, 0.3) is 5.91 Å². The number of carbonyl (C=O) groups is 1. The quantitative estimate of drug-likeness (QED) is 0.691. The minimum Gasteiger partial charge on any atom is -0.330 e. The molecule has 2 rings (SSSR count). The molecule has 0 atom stereocenters. The molecule has 1 amide bonds. The largest absolute Gasteiger partial charge is 0.330 e. The van der Waals surface area contributed by atoms with Gasteiger partial charge in [0.15, 0.2) is 5.82 Å². The van der Waals surface area contributed by atoms with E-state index in [1.807, 2.05) is 6.07 Å². The maximum Gasteiger partial charge on any atom is 0.269 e. The van der Waals surface area contributed by atoms with Crippen molar-refractivity contribution in [1.29, 1.82) is 5.26 Å². The number of aromatic nitrogens is 2. The zero-order valence-electron chi connectivity index (χ0n) is 15.4. The molecule has 0 spiro atoms. The Labute approximate surface area is 158 Å². The molecule has 0 unspecified atom stereocenters. The minimum atomic E-state index is -0.416. The van der Waals surface area contributed by atoms with Crippen LogP contribution in [0.3, 0.4) is 0 Å². The first-order valence-electron chi connectivity index (χ1n) is 8.62. The van der Waals surface area contributed by atoms with Crippen LogP contribution in [-0.4, -0.2) is 29.0 Å². The summed E-state index contributed by atoms with van der Waals surface area (Å²) in [5.41, 5.74) is 8.55. The molecule has 3 N–H and O–H groups in total. The van der Waals surface area contributed by atoms with Crippen LogP contribution in [0, 0.1) is 22.6 Å². The van der Waals surface area contributed by atoms with Gasteiger partial charge >= 0.3 is 0 Å². The van der Waals surface area contributed by atoms with Crippen molar-refractivity contribution in [3.05, 3.63) is 53.7 Å². The molecule has 2 aromatic rings. The zero-order valence-corrected chi connectivity index (χ0v) is 15.4. The number of hydrogen-bond acceptors (Lipinski definition) is 6. The van der Waals surface area contributed by atoms with Gasteiger partial charge in [-0.1, -0.05) is 13.8 Å². The number of rotatable bonds is 8. The molecule has 0 aliphatic carbocycles. The molecule has 0 radical (unpaired) electrons. The van der Waals surface area contributed by atoms with Crippen LogP contribution in [0.2, 0.25) is 0 Å². The lowest BCUT2D eigenvalue weighted by Crippen LogP contribution is -2.47. The van der Waals surface area contributed by atoms with E-state index in [0.29, 0.717) is 24.5 Å². The molecular weight excluding hydrogens is 347 g/mol. The molecular formula is C19H23FN6O. The summed E-state index contributed by atoms with van der Waals surface area (Å²) in [5, 5.41) is 10.6. The standard InChI is InChI=1S/C19H23FN6O/c1-19(2,9-3-10-21)13-26(17-8-11-23-16(12-22)24-17)25-18(27)14-4-6-15(20)7-5-14/h4-8,11H,3,9-10,13,21H2,1-2H3,(H,25,27). The highest BCUT2D eigenvalue weighted by atomic mass is 19.1. The molecule has 1 aromatic heterocycles. The van der Waals surface area contributed by atoms with Crippen molar-refractivity contribution in [2.45, 2.75) is 26.7 Å². The molecule has 0 saturated carbocycles. The van der Waals surface area contributed by atoms with E-state index in [0.717, 1.165) is 12.8 Å². The minimum absolute atomic E-state index is 0.00768. The number of amides is 1. The maximum absolute atomic E-state index is 13.1. The highest BCUT2D eigenvalue weighted by Crippen LogP contribution is 2.25. The summed E-state index contributed by atoms with van der Waals surface area (Å²) in [6.45, 7) is 5.15. The van der Waals surface area contributed by atoms with Gasteiger partial charge in [-0.2, -0.15) is 10.2 Å². The van der Waals surface area contributed by atoms with Crippen LogP contribution >= 0.6 is 0 Å². The van der Waals surface area contributed by atoms with Gasteiger partial charge in [-0.25, -0.2) is 9.37 Å². The van der Waals surface area contributed by atoms with Crippen molar-refractivity contribution in [2.75, 3.05) is 18.1 Å². The first-order valence-corrected chi connectivity index (χ1v) is 8.62. The number of hydrogen-bond donors (Lipinski definition) is 2. The van der Waals surface area contributed by atoms with E-state index in [1.165, 1.54) is 30.5 Å². The summed E-state index contributed by atoms with van der Waals surface area (Å²) >= 11 is 0. The Morgan fingerprint density at radius 3 is 2.67 bits per heavy atom. The van der Waals surface area contributed by atoms with Gasteiger partial charge in [0.1, 0.15) is 11.9 Å². The van der Waals surface area contributed by atoms with Crippen LogP contribution in [0.15, 0.2) is 36.5 Å². The molecule has 0 aliphatic heterocycles. The number of hydrazine groups is 1. The van der Waals surface area contributed by atoms with Crippen molar-refractivity contribution in [3.8, 4) is 6.07 Å². The smallest absolute Gasteiger partial charge is 0.269 e. The summed E-state index contributed by atoms with van der Waals surface area (Å²) in [6, 6.07) is 8.77. The van der Waals surface area contributed by atoms with E-state index in [9.17, 15) is 9.18 Å². The third-order valence-corrected chi connectivity index (χ3v) is 4.00. The molecule has 27 heavy (non-hydrogen) atoms. The first kappa shape index (κ1) is 20.3. The van der Waals surface area contributed by atoms with Crippen molar-refractivity contribution in [1.82, 2.24) is 15.4 Å². The van der Waals surface area contributed by atoms with Crippen LogP contribution in [0.5, 0.6) is 0 Å². The fourth-order valence-electron chi connectivity index (χ4n) is 2.61.